The third-order valence-electron chi connectivity index (χ3n) is 2.22. The smallest absolute Gasteiger partial charge is 0.328 e. The molecule has 3 heteroatoms. The Hall–Kier alpha value is -1.61. The molecule has 0 bridgehead atoms. The van der Waals surface area contributed by atoms with Crippen LogP contribution in [0.3, 0.4) is 0 Å². The van der Waals surface area contributed by atoms with Crippen LogP contribution in [0.4, 0.5) is 0 Å². The van der Waals surface area contributed by atoms with Crippen molar-refractivity contribution in [2.24, 2.45) is 0 Å². The fraction of sp³-hybridized carbons (Fsp3) is 0.357. The molecule has 17 heavy (non-hydrogen) atoms. The van der Waals surface area contributed by atoms with Gasteiger partial charge in [0.1, 0.15) is 0 Å². The summed E-state index contributed by atoms with van der Waals surface area (Å²) < 4.78 is 0. The maximum Gasteiger partial charge on any atom is 0.328 e. The van der Waals surface area contributed by atoms with Gasteiger partial charge in [-0.2, -0.15) is 0 Å². The molecule has 0 aromatic heterocycles. The van der Waals surface area contributed by atoms with E-state index in [0.29, 0.717) is 0 Å². The SMILES string of the molecule is CC(C)(C)NCc1ccc(/C=C\C(=O)O)cc1. The molecule has 0 heterocycles. The number of carbonyl (C=O) groups is 1. The van der Waals surface area contributed by atoms with Crippen molar-refractivity contribution >= 4 is 12.0 Å². The first-order chi connectivity index (χ1) is 7.87. The maximum absolute atomic E-state index is 10.4. The third kappa shape index (κ3) is 5.88. The van der Waals surface area contributed by atoms with Crippen molar-refractivity contribution in [3.63, 3.8) is 0 Å². The van der Waals surface area contributed by atoms with Crippen LogP contribution in [0.2, 0.25) is 0 Å². The molecule has 92 valence electrons. The normalized spacial score (nSPS) is 11.9. The molecule has 1 rings (SSSR count). The Morgan fingerprint density at radius 1 is 1.29 bits per heavy atom. The summed E-state index contributed by atoms with van der Waals surface area (Å²) in [6.07, 6.45) is 2.73. The van der Waals surface area contributed by atoms with Gasteiger partial charge in [0.2, 0.25) is 0 Å². The lowest BCUT2D eigenvalue weighted by Crippen LogP contribution is -2.35. The zero-order valence-corrected chi connectivity index (χ0v) is 10.5. The number of aliphatic carboxylic acids is 1. The monoisotopic (exact) mass is 233 g/mol. The number of carboxylic acid groups (broad SMARTS) is 1. The first-order valence-corrected chi connectivity index (χ1v) is 5.62. The molecule has 0 aliphatic rings. The second kappa shape index (κ2) is 5.64. The number of rotatable bonds is 4. The molecule has 0 unspecified atom stereocenters. The molecule has 2 N–H and O–H groups in total. The Morgan fingerprint density at radius 3 is 2.35 bits per heavy atom. The number of hydrogen-bond acceptors (Lipinski definition) is 2. The number of nitrogens with one attached hydrogen (secondary N) is 1. The summed E-state index contributed by atoms with van der Waals surface area (Å²) in [4.78, 5) is 10.4. The molecule has 0 fully saturated rings. The van der Waals surface area contributed by atoms with Gasteiger partial charge in [0.25, 0.3) is 0 Å². The van der Waals surface area contributed by atoms with Crippen LogP contribution >= 0.6 is 0 Å². The van der Waals surface area contributed by atoms with Crippen molar-refractivity contribution < 1.29 is 9.90 Å². The average molecular weight is 233 g/mol. The Balaban J connectivity index is 2.59. The largest absolute Gasteiger partial charge is 0.478 e. The summed E-state index contributed by atoms with van der Waals surface area (Å²) in [5, 5.41) is 11.9. The van der Waals surface area contributed by atoms with Crippen LogP contribution in [0.25, 0.3) is 6.08 Å². The fourth-order valence-electron chi connectivity index (χ4n) is 1.28. The standard InChI is InChI=1S/C14H19NO2/c1-14(2,3)15-10-12-6-4-11(5-7-12)8-9-13(16)17/h4-9,15H,10H2,1-3H3,(H,16,17)/b9-8-. The first kappa shape index (κ1) is 13.5. The van der Waals surface area contributed by atoms with Gasteiger partial charge < -0.3 is 10.4 Å². The van der Waals surface area contributed by atoms with Crippen LogP contribution in [-0.4, -0.2) is 16.6 Å². The third-order valence-corrected chi connectivity index (χ3v) is 2.22. The van der Waals surface area contributed by atoms with E-state index in [1.807, 2.05) is 24.3 Å². The molecule has 0 saturated heterocycles. The molecule has 0 saturated carbocycles. The van der Waals surface area contributed by atoms with E-state index >= 15 is 0 Å². The minimum atomic E-state index is -0.927. The number of carboxylic acids is 1. The maximum atomic E-state index is 10.4. The quantitative estimate of drug-likeness (QED) is 0.786. The minimum Gasteiger partial charge on any atom is -0.478 e. The molecule has 0 spiro atoms. The van der Waals surface area contributed by atoms with Crippen LogP contribution in [0.1, 0.15) is 31.9 Å². The van der Waals surface area contributed by atoms with Gasteiger partial charge in [-0.3, -0.25) is 0 Å². The van der Waals surface area contributed by atoms with Crippen molar-refractivity contribution in [3.8, 4) is 0 Å². The summed E-state index contributed by atoms with van der Waals surface area (Å²) >= 11 is 0. The fourth-order valence-corrected chi connectivity index (χ4v) is 1.28. The number of benzene rings is 1. The van der Waals surface area contributed by atoms with Gasteiger partial charge in [-0.15, -0.1) is 0 Å². The highest BCUT2D eigenvalue weighted by Crippen LogP contribution is 2.08. The van der Waals surface area contributed by atoms with E-state index in [1.165, 1.54) is 5.56 Å². The second-order valence-corrected chi connectivity index (χ2v) is 5.02. The predicted octanol–water partition coefficient (Wildman–Crippen LogP) is 2.67. The molecule has 3 nitrogen and oxygen atoms in total. The van der Waals surface area contributed by atoms with Crippen molar-refractivity contribution in [3.05, 3.63) is 41.5 Å². The van der Waals surface area contributed by atoms with Crippen LogP contribution < -0.4 is 5.32 Å². The first-order valence-electron chi connectivity index (χ1n) is 5.62. The summed E-state index contributed by atoms with van der Waals surface area (Å²) in [5.74, 6) is -0.927. The van der Waals surface area contributed by atoms with Crippen molar-refractivity contribution in [1.29, 1.82) is 0 Å². The highest BCUT2D eigenvalue weighted by atomic mass is 16.4. The molecule has 1 aromatic rings. The molecule has 0 atom stereocenters. The van der Waals surface area contributed by atoms with E-state index in [4.69, 9.17) is 5.11 Å². The molecule has 0 aliphatic carbocycles. The van der Waals surface area contributed by atoms with Gasteiger partial charge in [-0.25, -0.2) is 4.79 Å². The van der Waals surface area contributed by atoms with Crippen LogP contribution in [-0.2, 0) is 11.3 Å². The Kier molecular flexibility index (Phi) is 4.46. The van der Waals surface area contributed by atoms with Crippen molar-refractivity contribution in [1.82, 2.24) is 5.32 Å². The van der Waals surface area contributed by atoms with E-state index in [-0.39, 0.29) is 5.54 Å². The second-order valence-electron chi connectivity index (χ2n) is 5.02. The van der Waals surface area contributed by atoms with Gasteiger partial charge in [0.05, 0.1) is 0 Å². The lowest BCUT2D eigenvalue weighted by molar-refractivity contribution is -0.131. The molecule has 0 aliphatic heterocycles. The molecular weight excluding hydrogens is 214 g/mol. The zero-order chi connectivity index (χ0) is 12.9. The predicted molar refractivity (Wildman–Crippen MR) is 69.7 cm³/mol. The molecule has 0 radical (unpaired) electrons. The topological polar surface area (TPSA) is 49.3 Å². The highest BCUT2D eigenvalue weighted by Gasteiger charge is 2.07. The van der Waals surface area contributed by atoms with Gasteiger partial charge in [0, 0.05) is 18.2 Å². The van der Waals surface area contributed by atoms with Crippen LogP contribution in [0, 0.1) is 0 Å². The van der Waals surface area contributed by atoms with Gasteiger partial charge >= 0.3 is 5.97 Å². The molecular formula is C14H19NO2. The Morgan fingerprint density at radius 2 is 1.88 bits per heavy atom. The minimum absolute atomic E-state index is 0.0991. The van der Waals surface area contributed by atoms with E-state index in [0.717, 1.165) is 18.2 Å². The number of hydrogen-bond donors (Lipinski definition) is 2. The van der Waals surface area contributed by atoms with Gasteiger partial charge in [-0.1, -0.05) is 24.3 Å². The lowest BCUT2D eigenvalue weighted by atomic mass is 10.1. The zero-order valence-electron chi connectivity index (χ0n) is 10.5. The molecule has 1 aromatic carbocycles. The lowest BCUT2D eigenvalue weighted by Gasteiger charge is -2.20. The van der Waals surface area contributed by atoms with E-state index in [2.05, 4.69) is 26.1 Å². The molecule has 0 amide bonds. The summed E-state index contributed by atoms with van der Waals surface area (Å²) in [7, 11) is 0. The Labute approximate surface area is 102 Å². The van der Waals surface area contributed by atoms with Crippen LogP contribution in [0.5, 0.6) is 0 Å². The van der Waals surface area contributed by atoms with Gasteiger partial charge in [0.15, 0.2) is 0 Å². The van der Waals surface area contributed by atoms with Crippen LogP contribution in [0.15, 0.2) is 30.3 Å². The van der Waals surface area contributed by atoms with E-state index in [1.54, 1.807) is 6.08 Å². The van der Waals surface area contributed by atoms with E-state index < -0.39 is 5.97 Å². The van der Waals surface area contributed by atoms with Crippen molar-refractivity contribution in [2.45, 2.75) is 32.9 Å². The van der Waals surface area contributed by atoms with Gasteiger partial charge in [-0.05, 0) is 38.0 Å². The average Bonchev–Trinajstić information content (AvgIpc) is 2.24. The highest BCUT2D eigenvalue weighted by molar-refractivity contribution is 5.85. The van der Waals surface area contributed by atoms with E-state index in [9.17, 15) is 4.79 Å². The summed E-state index contributed by atoms with van der Waals surface area (Å²) in [6.45, 7) is 7.18. The Bertz CT molecular complexity index is 399. The van der Waals surface area contributed by atoms with Crippen molar-refractivity contribution in [2.75, 3.05) is 0 Å². The summed E-state index contributed by atoms with van der Waals surface area (Å²) in [5.41, 5.74) is 2.18. The summed E-state index contributed by atoms with van der Waals surface area (Å²) in [6, 6.07) is 7.83.